The molecule has 1 heterocycles. The molecule has 2 rings (SSSR count). The molecule has 0 saturated carbocycles. The molecule has 0 atom stereocenters. The number of nitro groups is 1. The Bertz CT molecular complexity index is 748. The van der Waals surface area contributed by atoms with Gasteiger partial charge in [0, 0.05) is 18.7 Å². The Morgan fingerprint density at radius 1 is 1.31 bits per heavy atom. The molecule has 1 aromatic carbocycles. The van der Waals surface area contributed by atoms with Gasteiger partial charge in [-0.05, 0) is 22.9 Å². The number of amides is 2. The number of H-pyrrole nitrogens is 1. The molecule has 0 bridgehead atoms. The van der Waals surface area contributed by atoms with E-state index in [1.54, 1.807) is 19.1 Å². The van der Waals surface area contributed by atoms with Crippen molar-refractivity contribution in [2.75, 3.05) is 13.2 Å². The van der Waals surface area contributed by atoms with Crippen molar-refractivity contribution >= 4 is 17.7 Å². The standard InChI is InChI=1S/C14H17N7O5/c1-2-26-13(22)7-15-14(23)20(9-12-16-18-19-17-12)8-10-3-5-11(6-4-10)21(24)25/h3-6H,2,7-9H2,1H3,(H,15,23)(H,16,17,18,19). The number of nitro benzene ring substituents is 1. The number of aromatic amines is 1. The first-order valence-electron chi connectivity index (χ1n) is 7.64. The van der Waals surface area contributed by atoms with Crippen LogP contribution in [0.2, 0.25) is 0 Å². The third-order valence-electron chi connectivity index (χ3n) is 3.23. The summed E-state index contributed by atoms with van der Waals surface area (Å²) in [4.78, 5) is 35.3. The third-order valence-corrected chi connectivity index (χ3v) is 3.23. The van der Waals surface area contributed by atoms with Gasteiger partial charge in [0.05, 0.1) is 18.1 Å². The molecule has 1 aromatic heterocycles. The normalized spacial score (nSPS) is 10.2. The van der Waals surface area contributed by atoms with Crippen LogP contribution in [0.5, 0.6) is 0 Å². The van der Waals surface area contributed by atoms with E-state index in [4.69, 9.17) is 4.74 Å². The van der Waals surface area contributed by atoms with Crippen LogP contribution in [0.3, 0.4) is 0 Å². The van der Waals surface area contributed by atoms with Crippen molar-refractivity contribution in [2.45, 2.75) is 20.0 Å². The van der Waals surface area contributed by atoms with Crippen molar-refractivity contribution in [3.63, 3.8) is 0 Å². The average Bonchev–Trinajstić information content (AvgIpc) is 3.13. The molecule has 2 amide bonds. The number of carbonyl (C=O) groups is 2. The van der Waals surface area contributed by atoms with Crippen molar-refractivity contribution in [3.8, 4) is 0 Å². The first-order chi connectivity index (χ1) is 12.5. The van der Waals surface area contributed by atoms with E-state index in [0.717, 1.165) is 0 Å². The molecule has 0 spiro atoms. The van der Waals surface area contributed by atoms with Crippen molar-refractivity contribution in [3.05, 3.63) is 45.8 Å². The Morgan fingerprint density at radius 3 is 2.62 bits per heavy atom. The number of hydrogen-bond acceptors (Lipinski definition) is 8. The van der Waals surface area contributed by atoms with Crippen LogP contribution < -0.4 is 5.32 Å². The molecule has 0 unspecified atom stereocenters. The van der Waals surface area contributed by atoms with Gasteiger partial charge in [-0.2, -0.15) is 0 Å². The SMILES string of the molecule is CCOC(=O)CNC(=O)N(Cc1ccc([N+](=O)[O-])cc1)Cc1nnn[nH]1. The Morgan fingerprint density at radius 2 is 2.04 bits per heavy atom. The molecule has 138 valence electrons. The Hall–Kier alpha value is -3.57. The van der Waals surface area contributed by atoms with Crippen molar-refractivity contribution in [1.82, 2.24) is 30.8 Å². The highest BCUT2D eigenvalue weighted by Crippen LogP contribution is 2.14. The number of nitrogens with zero attached hydrogens (tertiary/aromatic N) is 5. The van der Waals surface area contributed by atoms with Gasteiger partial charge in [-0.15, -0.1) is 5.10 Å². The lowest BCUT2D eigenvalue weighted by Gasteiger charge is -2.21. The van der Waals surface area contributed by atoms with Crippen molar-refractivity contribution in [2.24, 2.45) is 0 Å². The summed E-state index contributed by atoms with van der Waals surface area (Å²) in [6.07, 6.45) is 0. The zero-order chi connectivity index (χ0) is 18.9. The summed E-state index contributed by atoms with van der Waals surface area (Å²) in [6, 6.07) is 5.25. The van der Waals surface area contributed by atoms with Gasteiger partial charge >= 0.3 is 12.0 Å². The fourth-order valence-electron chi connectivity index (χ4n) is 2.04. The van der Waals surface area contributed by atoms with Crippen LogP contribution in [-0.4, -0.2) is 55.6 Å². The number of nitrogens with one attached hydrogen (secondary N) is 2. The van der Waals surface area contributed by atoms with E-state index in [2.05, 4.69) is 25.9 Å². The molecule has 0 saturated heterocycles. The maximum Gasteiger partial charge on any atom is 0.325 e. The highest BCUT2D eigenvalue weighted by atomic mass is 16.6. The van der Waals surface area contributed by atoms with Crippen LogP contribution in [-0.2, 0) is 22.6 Å². The van der Waals surface area contributed by atoms with E-state index in [1.165, 1.54) is 17.0 Å². The minimum absolute atomic E-state index is 0.0495. The second kappa shape index (κ2) is 9.05. The molecule has 0 aliphatic heterocycles. The summed E-state index contributed by atoms with van der Waals surface area (Å²) in [7, 11) is 0. The quantitative estimate of drug-likeness (QED) is 0.387. The molecule has 2 aromatic rings. The zero-order valence-corrected chi connectivity index (χ0v) is 13.9. The van der Waals surface area contributed by atoms with Gasteiger partial charge in [0.2, 0.25) is 0 Å². The lowest BCUT2D eigenvalue weighted by Crippen LogP contribution is -2.41. The van der Waals surface area contributed by atoms with Gasteiger partial charge in [-0.3, -0.25) is 14.9 Å². The molecular weight excluding hydrogens is 346 g/mol. The van der Waals surface area contributed by atoms with E-state index in [-0.39, 0.29) is 31.9 Å². The van der Waals surface area contributed by atoms with Crippen LogP contribution >= 0.6 is 0 Å². The Labute approximate surface area is 147 Å². The van der Waals surface area contributed by atoms with Crippen LogP contribution in [0.1, 0.15) is 18.3 Å². The number of carbonyl (C=O) groups excluding carboxylic acids is 2. The lowest BCUT2D eigenvalue weighted by molar-refractivity contribution is -0.384. The molecule has 2 N–H and O–H groups in total. The van der Waals surface area contributed by atoms with Gasteiger partial charge in [0.25, 0.3) is 5.69 Å². The fourth-order valence-corrected chi connectivity index (χ4v) is 2.04. The molecule has 0 fully saturated rings. The van der Waals surface area contributed by atoms with Crippen LogP contribution in [0.4, 0.5) is 10.5 Å². The fraction of sp³-hybridized carbons (Fsp3) is 0.357. The van der Waals surface area contributed by atoms with E-state index >= 15 is 0 Å². The first kappa shape index (κ1) is 18.8. The molecule has 0 aliphatic rings. The summed E-state index contributed by atoms with van der Waals surface area (Å²) in [6.45, 7) is 1.78. The largest absolute Gasteiger partial charge is 0.465 e. The number of ether oxygens (including phenoxy) is 1. The van der Waals surface area contributed by atoms with Gasteiger partial charge < -0.3 is 15.0 Å². The molecule has 12 nitrogen and oxygen atoms in total. The highest BCUT2D eigenvalue weighted by molar-refractivity contribution is 5.80. The van der Waals surface area contributed by atoms with Crippen molar-refractivity contribution in [1.29, 1.82) is 0 Å². The molecular formula is C14H17N7O5. The first-order valence-corrected chi connectivity index (χ1v) is 7.64. The summed E-state index contributed by atoms with van der Waals surface area (Å²) in [5.74, 6) is -0.212. The van der Waals surface area contributed by atoms with E-state index in [0.29, 0.717) is 11.4 Å². The number of aromatic nitrogens is 4. The molecule has 12 heteroatoms. The van der Waals surface area contributed by atoms with Crippen LogP contribution in [0, 0.1) is 10.1 Å². The molecule has 0 aliphatic carbocycles. The summed E-state index contributed by atoms with van der Waals surface area (Å²) >= 11 is 0. The second-order valence-electron chi connectivity index (χ2n) is 5.09. The maximum atomic E-state index is 12.4. The topological polar surface area (TPSA) is 156 Å². The number of hydrogen-bond donors (Lipinski definition) is 2. The second-order valence-corrected chi connectivity index (χ2v) is 5.09. The van der Waals surface area contributed by atoms with Gasteiger partial charge in [-0.25, -0.2) is 9.89 Å². The van der Waals surface area contributed by atoms with Crippen LogP contribution in [0.15, 0.2) is 24.3 Å². The number of benzene rings is 1. The Kier molecular flexibility index (Phi) is 6.53. The molecule has 0 radical (unpaired) electrons. The van der Waals surface area contributed by atoms with Gasteiger partial charge in [0.15, 0.2) is 5.82 Å². The minimum atomic E-state index is -0.558. The smallest absolute Gasteiger partial charge is 0.325 e. The number of rotatable bonds is 8. The van der Waals surface area contributed by atoms with E-state index in [1.807, 2.05) is 0 Å². The van der Waals surface area contributed by atoms with Crippen LogP contribution in [0.25, 0.3) is 0 Å². The predicted octanol–water partition coefficient (Wildman–Crippen LogP) is 0.383. The number of esters is 1. The van der Waals surface area contributed by atoms with Crippen molar-refractivity contribution < 1.29 is 19.2 Å². The summed E-state index contributed by atoms with van der Waals surface area (Å²) < 4.78 is 4.76. The Balaban J connectivity index is 2.06. The predicted molar refractivity (Wildman–Crippen MR) is 86.6 cm³/mol. The average molecular weight is 363 g/mol. The van der Waals surface area contributed by atoms with Gasteiger partial charge in [-0.1, -0.05) is 12.1 Å². The third kappa shape index (κ3) is 5.51. The number of tetrazole rings is 1. The van der Waals surface area contributed by atoms with E-state index in [9.17, 15) is 19.7 Å². The molecule has 26 heavy (non-hydrogen) atoms. The highest BCUT2D eigenvalue weighted by Gasteiger charge is 2.18. The zero-order valence-electron chi connectivity index (χ0n) is 13.9. The monoisotopic (exact) mass is 363 g/mol. The number of urea groups is 1. The lowest BCUT2D eigenvalue weighted by atomic mass is 10.2. The van der Waals surface area contributed by atoms with Gasteiger partial charge in [0.1, 0.15) is 6.54 Å². The van der Waals surface area contributed by atoms with E-state index < -0.39 is 16.9 Å². The minimum Gasteiger partial charge on any atom is -0.465 e. The maximum absolute atomic E-state index is 12.4. The summed E-state index contributed by atoms with van der Waals surface area (Å²) in [5.41, 5.74) is 0.612. The number of non-ortho nitro benzene ring substituents is 1. The summed E-state index contributed by atoms with van der Waals surface area (Å²) in [5, 5.41) is 26.3.